The number of hydrogen-bond acceptors (Lipinski definition) is 1. The number of benzene rings is 1. The SMILES string of the molecule is CC(C)(C)NCCC=Cc1cc(Br)ccc1F. The van der Waals surface area contributed by atoms with Gasteiger partial charge in [-0.1, -0.05) is 28.1 Å². The molecule has 0 bridgehead atoms. The van der Waals surface area contributed by atoms with Crippen LogP contribution < -0.4 is 5.32 Å². The summed E-state index contributed by atoms with van der Waals surface area (Å²) in [4.78, 5) is 0. The molecule has 0 aromatic heterocycles. The normalized spacial score (nSPS) is 12.3. The zero-order valence-electron chi connectivity index (χ0n) is 10.6. The lowest BCUT2D eigenvalue weighted by Gasteiger charge is -2.19. The van der Waals surface area contributed by atoms with Gasteiger partial charge in [-0.15, -0.1) is 0 Å². The predicted molar refractivity (Wildman–Crippen MR) is 75.5 cm³/mol. The Labute approximate surface area is 111 Å². The second-order valence-corrected chi connectivity index (χ2v) is 5.95. The largest absolute Gasteiger partial charge is 0.312 e. The lowest BCUT2D eigenvalue weighted by atomic mass is 10.1. The van der Waals surface area contributed by atoms with E-state index in [1.807, 2.05) is 12.2 Å². The molecule has 0 aliphatic carbocycles. The molecule has 0 aliphatic heterocycles. The molecule has 17 heavy (non-hydrogen) atoms. The zero-order chi connectivity index (χ0) is 12.9. The van der Waals surface area contributed by atoms with Crippen molar-refractivity contribution in [3.8, 4) is 0 Å². The maximum atomic E-state index is 13.4. The highest BCUT2D eigenvalue weighted by Crippen LogP contribution is 2.16. The lowest BCUT2D eigenvalue weighted by molar-refractivity contribution is 0.431. The van der Waals surface area contributed by atoms with Gasteiger partial charge in [-0.3, -0.25) is 0 Å². The van der Waals surface area contributed by atoms with Crippen LogP contribution in [0, 0.1) is 5.82 Å². The molecule has 0 saturated carbocycles. The van der Waals surface area contributed by atoms with E-state index in [-0.39, 0.29) is 11.4 Å². The highest BCUT2D eigenvalue weighted by Gasteiger charge is 2.06. The molecule has 1 N–H and O–H groups in total. The van der Waals surface area contributed by atoms with Gasteiger partial charge in [0.15, 0.2) is 0 Å². The van der Waals surface area contributed by atoms with Crippen LogP contribution in [0.15, 0.2) is 28.7 Å². The molecule has 1 nitrogen and oxygen atoms in total. The lowest BCUT2D eigenvalue weighted by Crippen LogP contribution is -2.36. The zero-order valence-corrected chi connectivity index (χ0v) is 12.1. The van der Waals surface area contributed by atoms with E-state index in [2.05, 4.69) is 42.0 Å². The summed E-state index contributed by atoms with van der Waals surface area (Å²) in [6.07, 6.45) is 4.71. The standard InChI is InChI=1S/C14H19BrFN/c1-14(2,3)17-9-5-4-6-11-10-12(15)7-8-13(11)16/h4,6-8,10,17H,5,9H2,1-3H3. The van der Waals surface area contributed by atoms with Gasteiger partial charge in [0.05, 0.1) is 0 Å². The molecular weight excluding hydrogens is 281 g/mol. The van der Waals surface area contributed by atoms with Crippen LogP contribution in [0.5, 0.6) is 0 Å². The van der Waals surface area contributed by atoms with Crippen LogP contribution in [0.25, 0.3) is 6.08 Å². The molecule has 0 heterocycles. The van der Waals surface area contributed by atoms with Crippen LogP contribution in [0.2, 0.25) is 0 Å². The monoisotopic (exact) mass is 299 g/mol. The molecule has 1 rings (SSSR count). The van der Waals surface area contributed by atoms with E-state index >= 15 is 0 Å². The summed E-state index contributed by atoms with van der Waals surface area (Å²) in [5.74, 6) is -0.187. The first kappa shape index (κ1) is 14.4. The van der Waals surface area contributed by atoms with Crippen molar-refractivity contribution < 1.29 is 4.39 Å². The summed E-state index contributed by atoms with van der Waals surface area (Å²) in [7, 11) is 0. The summed E-state index contributed by atoms with van der Waals surface area (Å²) in [5.41, 5.74) is 0.754. The Morgan fingerprint density at radius 3 is 2.71 bits per heavy atom. The summed E-state index contributed by atoms with van der Waals surface area (Å²) in [6, 6.07) is 4.95. The number of nitrogens with one attached hydrogen (secondary N) is 1. The fourth-order valence-corrected chi connectivity index (χ4v) is 1.76. The molecule has 0 radical (unpaired) electrons. The highest BCUT2D eigenvalue weighted by molar-refractivity contribution is 9.10. The Morgan fingerprint density at radius 2 is 2.06 bits per heavy atom. The van der Waals surface area contributed by atoms with E-state index < -0.39 is 0 Å². The molecule has 0 saturated heterocycles. The third-order valence-corrected chi connectivity index (χ3v) is 2.72. The summed E-state index contributed by atoms with van der Waals surface area (Å²) in [5, 5.41) is 3.38. The molecule has 0 aliphatic rings. The second kappa shape index (κ2) is 6.31. The van der Waals surface area contributed by atoms with E-state index in [4.69, 9.17) is 0 Å². The molecule has 94 valence electrons. The minimum atomic E-state index is -0.187. The first-order valence-corrected chi connectivity index (χ1v) is 6.54. The maximum Gasteiger partial charge on any atom is 0.130 e. The third-order valence-electron chi connectivity index (χ3n) is 2.22. The molecule has 0 unspecified atom stereocenters. The first-order valence-electron chi connectivity index (χ1n) is 5.75. The van der Waals surface area contributed by atoms with E-state index in [1.54, 1.807) is 12.1 Å². The molecule has 0 amide bonds. The molecule has 0 fully saturated rings. The van der Waals surface area contributed by atoms with Gasteiger partial charge in [-0.2, -0.15) is 0 Å². The van der Waals surface area contributed by atoms with Crippen molar-refractivity contribution in [2.75, 3.05) is 6.54 Å². The van der Waals surface area contributed by atoms with Crippen LogP contribution in [-0.2, 0) is 0 Å². The van der Waals surface area contributed by atoms with Crippen molar-refractivity contribution in [2.24, 2.45) is 0 Å². The molecular formula is C14H19BrFN. The van der Waals surface area contributed by atoms with Crippen LogP contribution in [-0.4, -0.2) is 12.1 Å². The Balaban J connectivity index is 2.46. The fraction of sp³-hybridized carbons (Fsp3) is 0.429. The third kappa shape index (κ3) is 5.99. The Bertz CT molecular complexity index is 394. The minimum Gasteiger partial charge on any atom is -0.312 e. The highest BCUT2D eigenvalue weighted by atomic mass is 79.9. The van der Waals surface area contributed by atoms with Crippen molar-refractivity contribution in [1.82, 2.24) is 5.32 Å². The van der Waals surface area contributed by atoms with Gasteiger partial charge >= 0.3 is 0 Å². The molecule has 1 aromatic carbocycles. The molecule has 3 heteroatoms. The van der Waals surface area contributed by atoms with Gasteiger partial charge in [0.2, 0.25) is 0 Å². The van der Waals surface area contributed by atoms with Crippen molar-refractivity contribution in [3.63, 3.8) is 0 Å². The molecule has 0 spiro atoms. The second-order valence-electron chi connectivity index (χ2n) is 5.03. The van der Waals surface area contributed by atoms with Crippen LogP contribution in [0.1, 0.15) is 32.8 Å². The number of halogens is 2. The Kier molecular flexibility index (Phi) is 5.34. The van der Waals surface area contributed by atoms with Crippen molar-refractivity contribution in [1.29, 1.82) is 0 Å². The van der Waals surface area contributed by atoms with Gasteiger partial charge < -0.3 is 5.32 Å². The summed E-state index contributed by atoms with van der Waals surface area (Å²) < 4.78 is 14.3. The van der Waals surface area contributed by atoms with Crippen LogP contribution >= 0.6 is 15.9 Å². The smallest absolute Gasteiger partial charge is 0.130 e. The molecule has 1 aromatic rings. The molecule has 0 atom stereocenters. The van der Waals surface area contributed by atoms with E-state index in [1.165, 1.54) is 6.07 Å². The predicted octanol–water partition coefficient (Wildman–Crippen LogP) is 4.38. The quantitative estimate of drug-likeness (QED) is 0.814. The average molecular weight is 300 g/mol. The maximum absolute atomic E-state index is 13.4. The summed E-state index contributed by atoms with van der Waals surface area (Å²) >= 11 is 3.33. The van der Waals surface area contributed by atoms with E-state index in [0.717, 1.165) is 17.4 Å². The summed E-state index contributed by atoms with van der Waals surface area (Å²) in [6.45, 7) is 7.29. The van der Waals surface area contributed by atoms with Crippen LogP contribution in [0.4, 0.5) is 4.39 Å². The minimum absolute atomic E-state index is 0.134. The number of rotatable bonds is 4. The van der Waals surface area contributed by atoms with Gasteiger partial charge in [0.1, 0.15) is 5.82 Å². The Morgan fingerprint density at radius 1 is 1.35 bits per heavy atom. The van der Waals surface area contributed by atoms with Gasteiger partial charge in [-0.05, 0) is 51.9 Å². The van der Waals surface area contributed by atoms with Crippen molar-refractivity contribution in [3.05, 3.63) is 40.1 Å². The van der Waals surface area contributed by atoms with E-state index in [9.17, 15) is 4.39 Å². The number of hydrogen-bond donors (Lipinski definition) is 1. The van der Waals surface area contributed by atoms with Crippen molar-refractivity contribution in [2.45, 2.75) is 32.7 Å². The first-order chi connectivity index (χ1) is 7.88. The topological polar surface area (TPSA) is 12.0 Å². The fourth-order valence-electron chi connectivity index (χ4n) is 1.38. The van der Waals surface area contributed by atoms with Crippen molar-refractivity contribution >= 4 is 22.0 Å². The Hall–Kier alpha value is -0.670. The van der Waals surface area contributed by atoms with Crippen LogP contribution in [0.3, 0.4) is 0 Å². The van der Waals surface area contributed by atoms with Gasteiger partial charge in [0, 0.05) is 15.6 Å². The van der Waals surface area contributed by atoms with Gasteiger partial charge in [-0.25, -0.2) is 4.39 Å². The average Bonchev–Trinajstić information content (AvgIpc) is 2.21. The van der Waals surface area contributed by atoms with E-state index in [0.29, 0.717) is 5.56 Å². The van der Waals surface area contributed by atoms with Gasteiger partial charge in [0.25, 0.3) is 0 Å².